The molecular weight excluding hydrogens is 377 g/mol. The van der Waals surface area contributed by atoms with Gasteiger partial charge in [-0.05, 0) is 37.3 Å². The Morgan fingerprint density at radius 2 is 1.96 bits per heavy atom. The SMILES string of the molecule is CC(Oc1cc(-c2cn(C)c3ccccc23)cnc1N)c1cc(F)ccc1Cl. The lowest BCUT2D eigenvalue weighted by molar-refractivity contribution is 0.227. The number of hydrogen-bond donors (Lipinski definition) is 1. The van der Waals surface area contributed by atoms with E-state index in [1.807, 2.05) is 25.2 Å². The van der Waals surface area contributed by atoms with Gasteiger partial charge in [0.25, 0.3) is 0 Å². The zero-order valence-corrected chi connectivity index (χ0v) is 16.2. The van der Waals surface area contributed by atoms with Crippen molar-refractivity contribution in [3.05, 3.63) is 77.3 Å². The Morgan fingerprint density at radius 1 is 1.18 bits per heavy atom. The third-order valence-corrected chi connectivity index (χ3v) is 5.13. The zero-order chi connectivity index (χ0) is 19.8. The van der Waals surface area contributed by atoms with E-state index >= 15 is 0 Å². The summed E-state index contributed by atoms with van der Waals surface area (Å²) in [7, 11) is 2.00. The number of rotatable bonds is 4. The second-order valence-corrected chi connectivity index (χ2v) is 7.11. The topological polar surface area (TPSA) is 53.1 Å². The molecule has 0 saturated carbocycles. The van der Waals surface area contributed by atoms with Crippen LogP contribution in [0.3, 0.4) is 0 Å². The quantitative estimate of drug-likeness (QED) is 0.478. The van der Waals surface area contributed by atoms with E-state index < -0.39 is 6.10 Å². The highest BCUT2D eigenvalue weighted by atomic mass is 35.5. The molecule has 6 heteroatoms. The van der Waals surface area contributed by atoms with Crippen molar-refractivity contribution in [2.75, 3.05) is 5.73 Å². The van der Waals surface area contributed by atoms with Gasteiger partial charge < -0.3 is 15.0 Å². The molecule has 0 aliphatic heterocycles. The van der Waals surface area contributed by atoms with Crippen LogP contribution in [0, 0.1) is 5.82 Å². The minimum atomic E-state index is -0.491. The monoisotopic (exact) mass is 395 g/mol. The average Bonchev–Trinajstić information content (AvgIpc) is 3.02. The normalized spacial score (nSPS) is 12.3. The first-order chi connectivity index (χ1) is 13.4. The van der Waals surface area contributed by atoms with E-state index in [1.165, 1.54) is 18.2 Å². The van der Waals surface area contributed by atoms with Gasteiger partial charge in [-0.3, -0.25) is 0 Å². The number of aromatic nitrogens is 2. The Morgan fingerprint density at radius 3 is 2.79 bits per heavy atom. The fourth-order valence-electron chi connectivity index (χ4n) is 3.35. The molecule has 0 aliphatic rings. The van der Waals surface area contributed by atoms with Gasteiger partial charge in [-0.1, -0.05) is 29.8 Å². The highest BCUT2D eigenvalue weighted by Gasteiger charge is 2.16. The van der Waals surface area contributed by atoms with Crippen LogP contribution in [0.15, 0.2) is 60.9 Å². The molecule has 2 aromatic carbocycles. The third-order valence-electron chi connectivity index (χ3n) is 4.79. The molecular formula is C22H19ClFN3O. The van der Waals surface area contributed by atoms with Gasteiger partial charge in [-0.15, -0.1) is 0 Å². The number of para-hydroxylation sites is 1. The molecule has 0 bridgehead atoms. The molecule has 1 atom stereocenters. The van der Waals surface area contributed by atoms with Crippen LogP contribution in [0.25, 0.3) is 22.0 Å². The van der Waals surface area contributed by atoms with Gasteiger partial charge in [0, 0.05) is 52.1 Å². The molecule has 2 aromatic heterocycles. The van der Waals surface area contributed by atoms with Gasteiger partial charge in [0.05, 0.1) is 0 Å². The van der Waals surface area contributed by atoms with Crippen LogP contribution in [0.2, 0.25) is 5.02 Å². The van der Waals surface area contributed by atoms with Crippen molar-refractivity contribution in [1.29, 1.82) is 0 Å². The number of aryl methyl sites for hydroxylation is 1. The van der Waals surface area contributed by atoms with Crippen LogP contribution in [0.4, 0.5) is 10.2 Å². The largest absolute Gasteiger partial charge is 0.482 e. The lowest BCUT2D eigenvalue weighted by atomic mass is 10.1. The molecule has 0 radical (unpaired) electrons. The summed E-state index contributed by atoms with van der Waals surface area (Å²) in [5.74, 6) is 0.326. The van der Waals surface area contributed by atoms with Gasteiger partial charge in [-0.25, -0.2) is 9.37 Å². The number of nitrogens with zero attached hydrogens (tertiary/aromatic N) is 2. The van der Waals surface area contributed by atoms with Crippen LogP contribution in [0.5, 0.6) is 5.75 Å². The average molecular weight is 396 g/mol. The number of pyridine rings is 1. The lowest BCUT2D eigenvalue weighted by Crippen LogP contribution is -2.07. The molecule has 4 rings (SSSR count). The molecule has 1 unspecified atom stereocenters. The smallest absolute Gasteiger partial charge is 0.166 e. The van der Waals surface area contributed by atoms with Crippen molar-refractivity contribution in [2.24, 2.45) is 7.05 Å². The maximum absolute atomic E-state index is 13.6. The Labute approximate surface area is 167 Å². The van der Waals surface area contributed by atoms with Crippen molar-refractivity contribution in [2.45, 2.75) is 13.0 Å². The first kappa shape index (κ1) is 18.3. The number of anilines is 1. The fourth-order valence-corrected chi connectivity index (χ4v) is 3.62. The molecule has 28 heavy (non-hydrogen) atoms. The number of halogens is 2. The third kappa shape index (κ3) is 3.29. The van der Waals surface area contributed by atoms with E-state index in [-0.39, 0.29) is 11.6 Å². The van der Waals surface area contributed by atoms with Crippen molar-refractivity contribution < 1.29 is 9.13 Å². The maximum Gasteiger partial charge on any atom is 0.166 e. The lowest BCUT2D eigenvalue weighted by Gasteiger charge is -2.18. The minimum Gasteiger partial charge on any atom is -0.482 e. The summed E-state index contributed by atoms with van der Waals surface area (Å²) in [6.45, 7) is 1.80. The fraction of sp³-hybridized carbons (Fsp3) is 0.136. The van der Waals surface area contributed by atoms with Crippen LogP contribution >= 0.6 is 11.6 Å². The Hall–Kier alpha value is -3.05. The first-order valence-corrected chi connectivity index (χ1v) is 9.23. The molecule has 0 amide bonds. The second-order valence-electron chi connectivity index (χ2n) is 6.70. The van der Waals surface area contributed by atoms with Crippen LogP contribution in [0.1, 0.15) is 18.6 Å². The zero-order valence-electron chi connectivity index (χ0n) is 15.5. The van der Waals surface area contributed by atoms with Gasteiger partial charge >= 0.3 is 0 Å². The molecule has 2 heterocycles. The van der Waals surface area contributed by atoms with Gasteiger partial charge in [0.2, 0.25) is 0 Å². The number of hydrogen-bond acceptors (Lipinski definition) is 3. The summed E-state index contributed by atoms with van der Waals surface area (Å²) in [5, 5.41) is 1.55. The van der Waals surface area contributed by atoms with Gasteiger partial charge in [-0.2, -0.15) is 0 Å². The van der Waals surface area contributed by atoms with Crippen molar-refractivity contribution in [1.82, 2.24) is 9.55 Å². The van der Waals surface area contributed by atoms with Crippen molar-refractivity contribution in [3.8, 4) is 16.9 Å². The van der Waals surface area contributed by atoms with Crippen LogP contribution in [-0.4, -0.2) is 9.55 Å². The van der Waals surface area contributed by atoms with Crippen molar-refractivity contribution in [3.63, 3.8) is 0 Å². The highest BCUT2D eigenvalue weighted by Crippen LogP contribution is 2.35. The standard InChI is InChI=1S/C22H19ClFN3O/c1-13(17-10-15(24)7-8-19(17)23)28-21-9-14(11-26-22(21)25)18-12-27(2)20-6-4-3-5-16(18)20/h3-13H,1-2H3,(H2,25,26). The van der Waals surface area contributed by atoms with E-state index in [0.29, 0.717) is 16.3 Å². The predicted octanol–water partition coefficient (Wildman–Crippen LogP) is 5.76. The number of nitrogens with two attached hydrogens (primary N) is 1. The summed E-state index contributed by atoms with van der Waals surface area (Å²) in [6, 6.07) is 14.2. The molecule has 4 nitrogen and oxygen atoms in total. The van der Waals surface area contributed by atoms with Crippen LogP contribution in [-0.2, 0) is 7.05 Å². The van der Waals surface area contributed by atoms with Crippen LogP contribution < -0.4 is 10.5 Å². The number of fused-ring (bicyclic) bond motifs is 1. The maximum atomic E-state index is 13.6. The number of benzene rings is 2. The molecule has 0 aliphatic carbocycles. The molecule has 0 saturated heterocycles. The summed E-state index contributed by atoms with van der Waals surface area (Å²) in [5.41, 5.74) is 9.63. The van der Waals surface area contributed by atoms with E-state index in [9.17, 15) is 4.39 Å². The molecule has 4 aromatic rings. The van der Waals surface area contributed by atoms with E-state index in [0.717, 1.165) is 22.0 Å². The Bertz CT molecular complexity index is 1170. The first-order valence-electron chi connectivity index (χ1n) is 8.85. The second kappa shape index (κ2) is 7.17. The molecule has 0 fully saturated rings. The molecule has 142 valence electrons. The van der Waals surface area contributed by atoms with Crippen molar-refractivity contribution >= 4 is 28.3 Å². The Kier molecular flexibility index (Phi) is 4.69. The minimum absolute atomic E-state index is 0.267. The van der Waals surface area contributed by atoms with Gasteiger partial charge in [0.15, 0.2) is 11.6 Å². The number of nitrogen functional groups attached to an aromatic ring is 1. The summed E-state index contributed by atoms with van der Waals surface area (Å²) >= 11 is 6.20. The summed E-state index contributed by atoms with van der Waals surface area (Å²) in [6.07, 6.45) is 3.29. The van der Waals surface area contributed by atoms with E-state index in [2.05, 4.69) is 27.9 Å². The molecule has 0 spiro atoms. The number of ether oxygens (including phenoxy) is 1. The summed E-state index contributed by atoms with van der Waals surface area (Å²) < 4.78 is 21.7. The molecule has 2 N–H and O–H groups in total. The predicted molar refractivity (Wildman–Crippen MR) is 111 cm³/mol. The van der Waals surface area contributed by atoms with E-state index in [4.69, 9.17) is 22.1 Å². The van der Waals surface area contributed by atoms with E-state index in [1.54, 1.807) is 13.1 Å². The van der Waals surface area contributed by atoms with Gasteiger partial charge in [0.1, 0.15) is 11.9 Å². The summed E-state index contributed by atoms with van der Waals surface area (Å²) in [4.78, 5) is 4.29. The highest BCUT2D eigenvalue weighted by molar-refractivity contribution is 6.31. The Balaban J connectivity index is 1.72.